The highest BCUT2D eigenvalue weighted by atomic mass is 16.6. The largest absolute Gasteiger partial charge is 0.467 e. The molecule has 1 aliphatic rings. The summed E-state index contributed by atoms with van der Waals surface area (Å²) in [5.74, 6) is 0.859. The van der Waals surface area contributed by atoms with Crippen molar-refractivity contribution in [2.24, 2.45) is 0 Å². The average molecular weight is 500 g/mol. The Morgan fingerprint density at radius 3 is 2.51 bits per heavy atom. The van der Waals surface area contributed by atoms with Crippen LogP contribution in [-0.4, -0.2) is 30.3 Å². The van der Waals surface area contributed by atoms with Crippen molar-refractivity contribution < 1.29 is 23.8 Å². The molecule has 0 radical (unpaired) electrons. The zero-order valence-electron chi connectivity index (χ0n) is 21.8. The zero-order valence-corrected chi connectivity index (χ0v) is 21.8. The van der Waals surface area contributed by atoms with Gasteiger partial charge in [-0.05, 0) is 80.1 Å². The van der Waals surface area contributed by atoms with E-state index in [0.717, 1.165) is 27.8 Å². The Bertz CT molecular complexity index is 1320. The summed E-state index contributed by atoms with van der Waals surface area (Å²) in [6, 6.07) is 21.8. The van der Waals surface area contributed by atoms with Gasteiger partial charge in [-0.1, -0.05) is 55.1 Å². The number of fused-ring (bicyclic) bond motifs is 1. The van der Waals surface area contributed by atoms with E-state index in [1.54, 1.807) is 20.8 Å². The summed E-state index contributed by atoms with van der Waals surface area (Å²) < 4.78 is 16.9. The molecule has 0 aromatic heterocycles. The van der Waals surface area contributed by atoms with Gasteiger partial charge in [-0.25, -0.2) is 9.59 Å². The van der Waals surface area contributed by atoms with Gasteiger partial charge in [0.1, 0.15) is 22.6 Å². The number of ether oxygens (including phenoxy) is 3. The topological polar surface area (TPSA) is 73.9 Å². The monoisotopic (exact) mass is 499 g/mol. The number of nitrogens with one attached hydrogen (secondary N) is 1. The summed E-state index contributed by atoms with van der Waals surface area (Å²) in [5.41, 5.74) is 3.12. The maximum atomic E-state index is 12.9. The summed E-state index contributed by atoms with van der Waals surface area (Å²) in [6.07, 6.45) is 2.45. The lowest BCUT2D eigenvalue weighted by molar-refractivity contribution is -0.149. The number of benzene rings is 3. The first-order valence-electron chi connectivity index (χ1n) is 12.3. The number of carbonyl (C=O) groups excluding carboxylic acids is 2. The van der Waals surface area contributed by atoms with Gasteiger partial charge < -0.3 is 19.5 Å². The fourth-order valence-corrected chi connectivity index (χ4v) is 4.62. The molecule has 3 aromatic rings. The molecule has 192 valence electrons. The van der Waals surface area contributed by atoms with Gasteiger partial charge in [-0.2, -0.15) is 0 Å². The Balaban J connectivity index is 1.62. The van der Waals surface area contributed by atoms with E-state index >= 15 is 0 Å². The maximum Gasteiger partial charge on any atom is 0.408 e. The number of esters is 1. The summed E-state index contributed by atoms with van der Waals surface area (Å²) in [6.45, 7) is 9.21. The summed E-state index contributed by atoms with van der Waals surface area (Å²) in [7, 11) is 1.33. The van der Waals surface area contributed by atoms with Gasteiger partial charge in [0.15, 0.2) is 0 Å². The summed E-state index contributed by atoms with van der Waals surface area (Å²) >= 11 is 0. The Hall–Kier alpha value is -4.06. The predicted molar refractivity (Wildman–Crippen MR) is 145 cm³/mol. The Morgan fingerprint density at radius 2 is 1.78 bits per heavy atom. The molecule has 0 fully saturated rings. The molecule has 0 aliphatic heterocycles. The van der Waals surface area contributed by atoms with Gasteiger partial charge in [0.25, 0.3) is 0 Å². The van der Waals surface area contributed by atoms with Crippen LogP contribution in [0.1, 0.15) is 43.9 Å². The van der Waals surface area contributed by atoms with Crippen LogP contribution in [-0.2, 0) is 27.1 Å². The number of aryl methyl sites for hydroxylation is 1. The van der Waals surface area contributed by atoms with Gasteiger partial charge in [0, 0.05) is 12.0 Å². The Labute approximate surface area is 218 Å². The van der Waals surface area contributed by atoms with E-state index in [1.807, 2.05) is 66.7 Å². The highest BCUT2D eigenvalue weighted by molar-refractivity contribution is 5.86. The Morgan fingerprint density at radius 1 is 1.00 bits per heavy atom. The second-order valence-corrected chi connectivity index (χ2v) is 10.2. The first-order chi connectivity index (χ1) is 17.6. The van der Waals surface area contributed by atoms with E-state index in [4.69, 9.17) is 14.2 Å². The lowest BCUT2D eigenvalue weighted by Crippen LogP contribution is -2.59. The molecule has 1 atom stereocenters. The maximum absolute atomic E-state index is 12.9. The van der Waals surface area contributed by atoms with Crippen molar-refractivity contribution in [1.82, 2.24) is 5.32 Å². The van der Waals surface area contributed by atoms with Crippen LogP contribution in [0.3, 0.4) is 0 Å². The molecule has 1 aliphatic carbocycles. The molecule has 1 amide bonds. The van der Waals surface area contributed by atoms with E-state index < -0.39 is 23.2 Å². The van der Waals surface area contributed by atoms with Gasteiger partial charge in [0.2, 0.25) is 0 Å². The molecule has 0 spiro atoms. The molecule has 37 heavy (non-hydrogen) atoms. The molecule has 6 heteroatoms. The molecule has 4 rings (SSSR count). The standard InChI is InChI=1S/C31H33NO5/c1-6-21-10-9-11-23(18-21)26-12-7-8-13-27(26)36-25-15-14-22-16-17-31(28(33)35-5,20-24(22)19-25)32-29(34)37-30(2,3)4/h6-15,18-19H,1,16-17,20H2,2-5H3,(H,32,34). The number of rotatable bonds is 6. The molecule has 1 N–H and O–H groups in total. The number of carbonyl (C=O) groups is 2. The fraction of sp³-hybridized carbons (Fsp3) is 0.290. The molecular formula is C31H33NO5. The number of hydrogen-bond donors (Lipinski definition) is 1. The van der Waals surface area contributed by atoms with Crippen LogP contribution in [0.5, 0.6) is 11.5 Å². The quantitative estimate of drug-likeness (QED) is 0.381. The van der Waals surface area contributed by atoms with Crippen LogP contribution < -0.4 is 10.1 Å². The van der Waals surface area contributed by atoms with Crippen LogP contribution >= 0.6 is 0 Å². The first-order valence-corrected chi connectivity index (χ1v) is 12.3. The van der Waals surface area contributed by atoms with Crippen molar-refractivity contribution in [3.63, 3.8) is 0 Å². The van der Waals surface area contributed by atoms with E-state index in [0.29, 0.717) is 24.3 Å². The average Bonchev–Trinajstić information content (AvgIpc) is 2.87. The molecule has 0 saturated heterocycles. The Kier molecular flexibility index (Phi) is 7.39. The van der Waals surface area contributed by atoms with Crippen molar-refractivity contribution in [2.45, 2.75) is 51.2 Å². The predicted octanol–water partition coefficient (Wildman–Crippen LogP) is 6.71. The van der Waals surface area contributed by atoms with E-state index in [1.165, 1.54) is 7.11 Å². The molecule has 0 saturated carbocycles. The number of hydrogen-bond acceptors (Lipinski definition) is 5. The van der Waals surface area contributed by atoms with Gasteiger partial charge in [0.05, 0.1) is 7.11 Å². The summed E-state index contributed by atoms with van der Waals surface area (Å²) in [4.78, 5) is 25.5. The van der Waals surface area contributed by atoms with Crippen LogP contribution in [0.2, 0.25) is 0 Å². The van der Waals surface area contributed by atoms with E-state index in [-0.39, 0.29) is 6.42 Å². The van der Waals surface area contributed by atoms with Gasteiger partial charge >= 0.3 is 12.1 Å². The smallest absolute Gasteiger partial charge is 0.408 e. The SMILES string of the molecule is C=Cc1cccc(-c2ccccc2Oc2ccc3c(c2)CC(NC(=O)OC(C)(C)C)(C(=O)OC)CC3)c1. The van der Waals surface area contributed by atoms with E-state index in [9.17, 15) is 9.59 Å². The summed E-state index contributed by atoms with van der Waals surface area (Å²) in [5, 5.41) is 2.81. The number of amides is 1. The number of alkyl carbamates (subject to hydrolysis) is 1. The minimum atomic E-state index is -1.22. The van der Waals surface area contributed by atoms with Crippen LogP contribution in [0, 0.1) is 0 Å². The molecule has 0 bridgehead atoms. The molecule has 0 heterocycles. The molecule has 6 nitrogen and oxygen atoms in total. The van der Waals surface area contributed by atoms with Gasteiger partial charge in [-0.3, -0.25) is 0 Å². The second-order valence-electron chi connectivity index (χ2n) is 10.2. The molecule has 1 unspecified atom stereocenters. The molecule has 3 aromatic carbocycles. The highest BCUT2D eigenvalue weighted by Crippen LogP contribution is 2.37. The van der Waals surface area contributed by atoms with Gasteiger partial charge in [-0.15, -0.1) is 0 Å². The lowest BCUT2D eigenvalue weighted by Gasteiger charge is -2.36. The van der Waals surface area contributed by atoms with Crippen LogP contribution in [0.25, 0.3) is 17.2 Å². The third kappa shape index (κ3) is 6.02. The normalized spacial score (nSPS) is 16.8. The van der Waals surface area contributed by atoms with Crippen LogP contribution in [0.15, 0.2) is 73.3 Å². The highest BCUT2D eigenvalue weighted by Gasteiger charge is 2.44. The van der Waals surface area contributed by atoms with Crippen molar-refractivity contribution in [3.8, 4) is 22.6 Å². The van der Waals surface area contributed by atoms with Crippen molar-refractivity contribution in [1.29, 1.82) is 0 Å². The number of methoxy groups -OCH3 is 1. The molecular weight excluding hydrogens is 466 g/mol. The minimum absolute atomic E-state index is 0.272. The number of para-hydroxylation sites is 1. The third-order valence-corrected chi connectivity index (χ3v) is 6.36. The van der Waals surface area contributed by atoms with Crippen molar-refractivity contribution in [2.75, 3.05) is 7.11 Å². The first kappa shape index (κ1) is 26.0. The lowest BCUT2D eigenvalue weighted by atomic mass is 9.78. The van der Waals surface area contributed by atoms with Crippen molar-refractivity contribution >= 4 is 18.1 Å². The minimum Gasteiger partial charge on any atom is -0.467 e. The zero-order chi connectivity index (χ0) is 26.6. The van der Waals surface area contributed by atoms with E-state index in [2.05, 4.69) is 18.0 Å². The van der Waals surface area contributed by atoms with Crippen LogP contribution in [0.4, 0.5) is 4.79 Å². The fourth-order valence-electron chi connectivity index (χ4n) is 4.62. The van der Waals surface area contributed by atoms with Crippen molar-refractivity contribution in [3.05, 3.63) is 90.0 Å². The third-order valence-electron chi connectivity index (χ3n) is 6.36. The second kappa shape index (κ2) is 10.5.